The summed E-state index contributed by atoms with van der Waals surface area (Å²) in [7, 11) is 1.83. The molecule has 0 N–H and O–H groups in total. The van der Waals surface area contributed by atoms with Crippen molar-refractivity contribution < 1.29 is 14.0 Å². The zero-order valence-corrected chi connectivity index (χ0v) is 15.0. The summed E-state index contributed by atoms with van der Waals surface area (Å²) in [6.45, 7) is 10.2. The molecule has 1 aromatic rings. The summed E-state index contributed by atoms with van der Waals surface area (Å²) in [5, 5.41) is 0. The summed E-state index contributed by atoms with van der Waals surface area (Å²) in [4.78, 5) is 2.37. The van der Waals surface area contributed by atoms with Crippen LogP contribution in [0.2, 0.25) is 0 Å². The van der Waals surface area contributed by atoms with E-state index >= 15 is 0 Å². The lowest BCUT2D eigenvalue weighted by Crippen LogP contribution is -2.41. The van der Waals surface area contributed by atoms with Crippen LogP contribution in [0.1, 0.15) is 40.5 Å². The molecule has 4 nitrogen and oxygen atoms in total. The summed E-state index contributed by atoms with van der Waals surface area (Å²) in [6, 6.07) is 8.61. The van der Waals surface area contributed by atoms with Gasteiger partial charge >= 0.3 is 7.12 Å². The average molecular weight is 317 g/mol. The molecule has 3 rings (SSSR count). The van der Waals surface area contributed by atoms with Gasteiger partial charge in [0.1, 0.15) is 12.4 Å². The molecule has 0 bridgehead atoms. The van der Waals surface area contributed by atoms with Crippen molar-refractivity contribution in [1.82, 2.24) is 4.90 Å². The Hall–Kier alpha value is -1.04. The summed E-state index contributed by atoms with van der Waals surface area (Å²) < 4.78 is 18.2. The third-order valence-corrected chi connectivity index (χ3v) is 5.50. The van der Waals surface area contributed by atoms with E-state index in [-0.39, 0.29) is 18.3 Å². The molecule has 0 aromatic heterocycles. The van der Waals surface area contributed by atoms with Gasteiger partial charge in [-0.2, -0.15) is 0 Å². The Labute approximate surface area is 140 Å². The highest BCUT2D eigenvalue weighted by Gasteiger charge is 2.51. The molecule has 1 aromatic carbocycles. The van der Waals surface area contributed by atoms with Gasteiger partial charge in [-0.25, -0.2) is 0 Å². The van der Waals surface area contributed by atoms with Crippen molar-refractivity contribution in [2.45, 2.75) is 57.8 Å². The Bertz CT molecular complexity index is 545. The molecule has 1 atom stereocenters. The van der Waals surface area contributed by atoms with Crippen molar-refractivity contribution in [2.75, 3.05) is 20.2 Å². The summed E-state index contributed by atoms with van der Waals surface area (Å²) in [5.41, 5.74) is 0.378. The molecule has 2 aliphatic heterocycles. The van der Waals surface area contributed by atoms with Crippen LogP contribution in [0.5, 0.6) is 5.75 Å². The molecule has 0 radical (unpaired) electrons. The second-order valence-electron chi connectivity index (χ2n) is 7.75. The number of hydrogen-bond acceptors (Lipinski definition) is 4. The fourth-order valence-corrected chi connectivity index (χ4v) is 3.11. The van der Waals surface area contributed by atoms with Crippen molar-refractivity contribution in [2.24, 2.45) is 0 Å². The molecule has 2 heterocycles. The Morgan fingerprint density at radius 1 is 1.22 bits per heavy atom. The minimum absolute atomic E-state index is 0.318. The summed E-state index contributed by atoms with van der Waals surface area (Å²) >= 11 is 0. The van der Waals surface area contributed by atoms with Gasteiger partial charge in [-0.05, 0) is 71.7 Å². The molecule has 2 fully saturated rings. The monoisotopic (exact) mass is 317 g/mol. The first-order valence-electron chi connectivity index (χ1n) is 8.57. The minimum atomic E-state index is -0.335. The SMILES string of the molecule is CN1CCC[C@H]1COc1cccc(B2OC(C)(C)C(C)(C)O2)c1. The van der Waals surface area contributed by atoms with Gasteiger partial charge in [0.25, 0.3) is 0 Å². The Kier molecular flexibility index (Phi) is 4.47. The third kappa shape index (κ3) is 3.42. The molecule has 5 heteroatoms. The molecule has 0 aliphatic carbocycles. The van der Waals surface area contributed by atoms with Crippen LogP contribution >= 0.6 is 0 Å². The van der Waals surface area contributed by atoms with Crippen LogP contribution in [0, 0.1) is 0 Å². The van der Waals surface area contributed by atoms with E-state index in [0.29, 0.717) is 6.04 Å². The maximum atomic E-state index is 6.11. The average Bonchev–Trinajstić information content (AvgIpc) is 2.98. The first-order chi connectivity index (χ1) is 10.8. The second kappa shape index (κ2) is 6.12. The van der Waals surface area contributed by atoms with Crippen LogP contribution < -0.4 is 10.2 Å². The lowest BCUT2D eigenvalue weighted by Gasteiger charge is -2.32. The van der Waals surface area contributed by atoms with Gasteiger partial charge in [0.2, 0.25) is 0 Å². The normalized spacial score (nSPS) is 26.7. The van der Waals surface area contributed by atoms with Gasteiger partial charge in [-0.3, -0.25) is 0 Å². The molecule has 126 valence electrons. The second-order valence-corrected chi connectivity index (χ2v) is 7.75. The molecule has 2 saturated heterocycles. The molecule has 0 spiro atoms. The maximum absolute atomic E-state index is 6.11. The molecule has 0 saturated carbocycles. The van der Waals surface area contributed by atoms with E-state index in [2.05, 4.69) is 39.6 Å². The number of hydrogen-bond donors (Lipinski definition) is 0. The number of rotatable bonds is 4. The highest BCUT2D eigenvalue weighted by Crippen LogP contribution is 2.36. The molecule has 0 unspecified atom stereocenters. The summed E-state index contributed by atoms with van der Waals surface area (Å²) in [5.74, 6) is 0.887. The van der Waals surface area contributed by atoms with Crippen LogP contribution in [-0.2, 0) is 9.31 Å². The largest absolute Gasteiger partial charge is 0.494 e. The molecular weight excluding hydrogens is 289 g/mol. The van der Waals surface area contributed by atoms with Gasteiger partial charge in [0, 0.05) is 6.04 Å². The fraction of sp³-hybridized carbons (Fsp3) is 0.667. The van der Waals surface area contributed by atoms with Gasteiger partial charge < -0.3 is 18.9 Å². The first kappa shape index (κ1) is 16.8. The highest BCUT2D eigenvalue weighted by atomic mass is 16.7. The van der Waals surface area contributed by atoms with Gasteiger partial charge in [0.05, 0.1) is 11.2 Å². The number of benzene rings is 1. The minimum Gasteiger partial charge on any atom is -0.492 e. The van der Waals surface area contributed by atoms with E-state index in [1.165, 1.54) is 19.4 Å². The number of likely N-dealkylation sites (tertiary alicyclic amines) is 1. The van der Waals surface area contributed by atoms with E-state index in [0.717, 1.165) is 17.8 Å². The van der Waals surface area contributed by atoms with Crippen LogP contribution in [-0.4, -0.2) is 49.5 Å². The van der Waals surface area contributed by atoms with Gasteiger partial charge in [0.15, 0.2) is 0 Å². The van der Waals surface area contributed by atoms with Crippen LogP contribution in [0.4, 0.5) is 0 Å². The van der Waals surface area contributed by atoms with Crippen molar-refractivity contribution in [3.63, 3.8) is 0 Å². The molecule has 2 aliphatic rings. The fourth-order valence-electron chi connectivity index (χ4n) is 3.11. The van der Waals surface area contributed by atoms with E-state index in [1.54, 1.807) is 0 Å². The van der Waals surface area contributed by atoms with Gasteiger partial charge in [-0.15, -0.1) is 0 Å². The van der Waals surface area contributed by atoms with E-state index in [1.807, 2.05) is 24.3 Å². The van der Waals surface area contributed by atoms with E-state index in [9.17, 15) is 0 Å². The molecule has 23 heavy (non-hydrogen) atoms. The molecule has 0 amide bonds. The van der Waals surface area contributed by atoms with E-state index in [4.69, 9.17) is 14.0 Å². The number of likely N-dealkylation sites (N-methyl/N-ethyl adjacent to an activating group) is 1. The predicted octanol–water partition coefficient (Wildman–Crippen LogP) is 2.46. The maximum Gasteiger partial charge on any atom is 0.494 e. The highest BCUT2D eigenvalue weighted by molar-refractivity contribution is 6.62. The number of ether oxygens (including phenoxy) is 1. The van der Waals surface area contributed by atoms with Crippen LogP contribution in [0.3, 0.4) is 0 Å². The van der Waals surface area contributed by atoms with Crippen molar-refractivity contribution >= 4 is 12.6 Å². The van der Waals surface area contributed by atoms with Gasteiger partial charge in [-0.1, -0.05) is 12.1 Å². The first-order valence-corrected chi connectivity index (χ1v) is 8.57. The summed E-state index contributed by atoms with van der Waals surface area (Å²) in [6.07, 6.45) is 2.48. The van der Waals surface area contributed by atoms with Crippen LogP contribution in [0.25, 0.3) is 0 Å². The predicted molar refractivity (Wildman–Crippen MR) is 93.3 cm³/mol. The Balaban J connectivity index is 1.66. The van der Waals surface area contributed by atoms with Crippen molar-refractivity contribution in [3.05, 3.63) is 24.3 Å². The smallest absolute Gasteiger partial charge is 0.492 e. The lowest BCUT2D eigenvalue weighted by molar-refractivity contribution is 0.00578. The van der Waals surface area contributed by atoms with Crippen LogP contribution in [0.15, 0.2) is 24.3 Å². The standard InChI is InChI=1S/C18H28BNO3/c1-17(2)18(3,4)23-19(22-17)14-8-6-10-16(12-14)21-13-15-9-7-11-20(15)5/h6,8,10,12,15H,7,9,11,13H2,1-5H3/t15-/m0/s1. The zero-order chi connectivity index (χ0) is 16.7. The third-order valence-electron chi connectivity index (χ3n) is 5.50. The topological polar surface area (TPSA) is 30.9 Å². The molecular formula is C18H28BNO3. The van der Waals surface area contributed by atoms with Crippen molar-refractivity contribution in [1.29, 1.82) is 0 Å². The lowest BCUT2D eigenvalue weighted by atomic mass is 9.79. The quantitative estimate of drug-likeness (QED) is 0.798. The van der Waals surface area contributed by atoms with E-state index < -0.39 is 0 Å². The van der Waals surface area contributed by atoms with Crippen molar-refractivity contribution in [3.8, 4) is 5.75 Å². The Morgan fingerprint density at radius 2 is 1.91 bits per heavy atom. The Morgan fingerprint density at radius 3 is 2.52 bits per heavy atom. The zero-order valence-electron chi connectivity index (χ0n) is 15.0. The number of nitrogens with zero attached hydrogens (tertiary/aromatic N) is 1.